The minimum absolute atomic E-state index is 0.0158. The summed E-state index contributed by atoms with van der Waals surface area (Å²) in [6, 6.07) is 56.3. The Labute approximate surface area is 493 Å². The van der Waals surface area contributed by atoms with Crippen molar-refractivity contribution >= 4 is 74.3 Å². The van der Waals surface area contributed by atoms with Gasteiger partial charge in [-0.1, -0.05) is 190 Å². The Morgan fingerprint density at radius 2 is 0.939 bits per heavy atom. The third kappa shape index (κ3) is 8.17. The van der Waals surface area contributed by atoms with Crippen molar-refractivity contribution in [1.29, 1.82) is 0 Å². The lowest BCUT2D eigenvalue weighted by Gasteiger charge is -2.48. The van der Waals surface area contributed by atoms with Gasteiger partial charge in [0.15, 0.2) is 0 Å². The summed E-state index contributed by atoms with van der Waals surface area (Å²) in [5.41, 5.74) is 33.1. The molecule has 8 aromatic rings. The topological polar surface area (TPSA) is 9.72 Å². The number of nitrogens with zero attached hydrogens (tertiary/aromatic N) is 3. The molecule has 0 fully saturated rings. The molecule has 0 aromatic heterocycles. The molecule has 0 unspecified atom stereocenters. The van der Waals surface area contributed by atoms with Crippen LogP contribution in [0.4, 0.5) is 51.2 Å². The van der Waals surface area contributed by atoms with Gasteiger partial charge >= 0.3 is 0 Å². The van der Waals surface area contributed by atoms with Crippen LogP contribution in [0.2, 0.25) is 0 Å². The van der Waals surface area contributed by atoms with Crippen molar-refractivity contribution in [2.45, 2.75) is 195 Å². The lowest BCUT2D eigenvalue weighted by atomic mass is 9.33. The van der Waals surface area contributed by atoms with Crippen molar-refractivity contribution in [2.75, 3.05) is 14.7 Å². The van der Waals surface area contributed by atoms with E-state index in [0.29, 0.717) is 0 Å². The van der Waals surface area contributed by atoms with Gasteiger partial charge in [-0.15, -0.1) is 0 Å². The van der Waals surface area contributed by atoms with Crippen molar-refractivity contribution < 1.29 is 0 Å². The molecule has 8 aromatic carbocycles. The first kappa shape index (κ1) is 54.5. The molecule has 82 heavy (non-hydrogen) atoms. The molecule has 0 bridgehead atoms. The average Bonchev–Trinajstić information content (AvgIpc) is 1.00. The average molecular weight is 1080 g/mol. The van der Waals surface area contributed by atoms with Crippen LogP contribution in [0, 0.1) is 20.8 Å². The summed E-state index contributed by atoms with van der Waals surface area (Å²) in [4.78, 5) is 8.02. The van der Waals surface area contributed by atoms with Gasteiger partial charge in [0, 0.05) is 50.9 Å². The minimum atomic E-state index is -0.259. The zero-order chi connectivity index (χ0) is 58.3. The predicted molar refractivity (Wildman–Crippen MR) is 355 cm³/mol. The summed E-state index contributed by atoms with van der Waals surface area (Å²) in [6.45, 7) is 45.7. The molecule has 0 spiro atoms. The van der Waals surface area contributed by atoms with Gasteiger partial charge in [-0.2, -0.15) is 0 Å². The number of fused-ring (bicyclic) bond motifs is 9. The molecule has 2 heterocycles. The van der Waals surface area contributed by atoms with Gasteiger partial charge in [-0.05, 0) is 228 Å². The van der Waals surface area contributed by atoms with Crippen LogP contribution in [-0.4, -0.2) is 6.71 Å². The SMILES string of the molecule is Cc1cc2c3c(c1)N(c1cccc4c1C(C)(C)c1ccccc1-4)c1cc(N(c4ccc(C(C)(C)C)cc4C)c4ccc(C(C)(C)C)cc4C)ccc1B3c1cc3c(cc1N2c1ccc2c(c1)C(C)(C)CCC2(C)C)C(C)(C)CCC3(C)C. The van der Waals surface area contributed by atoms with Crippen LogP contribution in [-0.2, 0) is 37.9 Å². The first-order chi connectivity index (χ1) is 38.4. The van der Waals surface area contributed by atoms with Crippen LogP contribution in [0.3, 0.4) is 0 Å². The molecule has 3 aliphatic carbocycles. The highest BCUT2D eigenvalue weighted by molar-refractivity contribution is 7.00. The molecule has 0 radical (unpaired) electrons. The number of anilines is 9. The van der Waals surface area contributed by atoms with E-state index in [9.17, 15) is 0 Å². The van der Waals surface area contributed by atoms with E-state index < -0.39 is 0 Å². The quantitative estimate of drug-likeness (QED) is 0.159. The number of benzene rings is 8. The molecule has 0 amide bonds. The van der Waals surface area contributed by atoms with Crippen molar-refractivity contribution in [2.24, 2.45) is 0 Å². The van der Waals surface area contributed by atoms with E-state index in [0.717, 1.165) is 18.5 Å². The summed E-state index contributed by atoms with van der Waals surface area (Å²) in [5.74, 6) is 0. The molecule has 2 aliphatic heterocycles. The molecule has 5 aliphatic rings. The summed E-state index contributed by atoms with van der Waals surface area (Å²) < 4.78 is 0. The molecule has 0 N–H and O–H groups in total. The molecule has 0 atom stereocenters. The van der Waals surface area contributed by atoms with Gasteiger partial charge in [0.1, 0.15) is 0 Å². The summed E-state index contributed by atoms with van der Waals surface area (Å²) >= 11 is 0. The maximum absolute atomic E-state index is 2.73. The second-order valence-corrected chi connectivity index (χ2v) is 31.0. The Morgan fingerprint density at radius 3 is 1.52 bits per heavy atom. The van der Waals surface area contributed by atoms with E-state index in [1.54, 1.807) is 0 Å². The number of hydrogen-bond acceptors (Lipinski definition) is 3. The minimum Gasteiger partial charge on any atom is -0.311 e. The Bertz CT molecular complexity index is 3930. The zero-order valence-corrected chi connectivity index (χ0v) is 53.0. The maximum atomic E-state index is 2.73. The fourth-order valence-electron chi connectivity index (χ4n) is 15.7. The molecule has 0 saturated heterocycles. The molecular weight excluding hydrogens is 990 g/mol. The second kappa shape index (κ2) is 17.9. The van der Waals surface area contributed by atoms with Gasteiger partial charge in [0.2, 0.25) is 0 Å². The van der Waals surface area contributed by atoms with Crippen molar-refractivity contribution in [3.8, 4) is 11.1 Å². The molecule has 4 heteroatoms. The van der Waals surface area contributed by atoms with Gasteiger partial charge < -0.3 is 14.7 Å². The van der Waals surface area contributed by atoms with Gasteiger partial charge in [-0.3, -0.25) is 0 Å². The van der Waals surface area contributed by atoms with Gasteiger partial charge in [0.05, 0.1) is 5.69 Å². The van der Waals surface area contributed by atoms with Gasteiger partial charge in [0.25, 0.3) is 6.71 Å². The Kier molecular flexibility index (Phi) is 11.9. The Hall–Kier alpha value is -6.78. The zero-order valence-electron chi connectivity index (χ0n) is 53.0. The standard InChI is InChI=1S/C78H88BN3/c1-47-39-68-71-69(40-47)82(65-26-22-24-55-54-23-20-21-25-56(54)78(18,19)70(55)65)66-44-53(80(63-33-27-50(41-48(63)2)72(4,5)6)64-34-28-51(42-49(64)3)73(7,8)9)30-32-61(66)79(71)62-45-59-60(77(16,17)38-37-76(59,14)15)46-67(62)81(68)52-29-31-57-58(43-52)75(12,13)36-35-74(57,10)11/h20-34,39-46H,35-38H2,1-19H3. The lowest BCUT2D eigenvalue weighted by Crippen LogP contribution is -2.62. The molecule has 3 nitrogen and oxygen atoms in total. The van der Waals surface area contributed by atoms with E-state index in [-0.39, 0.29) is 44.6 Å². The van der Waals surface area contributed by atoms with Crippen LogP contribution >= 0.6 is 0 Å². The number of rotatable bonds is 5. The van der Waals surface area contributed by atoms with Crippen LogP contribution in [0.25, 0.3) is 11.1 Å². The third-order valence-electron chi connectivity index (χ3n) is 20.9. The largest absolute Gasteiger partial charge is 0.311 e. The van der Waals surface area contributed by atoms with Gasteiger partial charge in [-0.25, -0.2) is 0 Å². The second-order valence-electron chi connectivity index (χ2n) is 31.0. The summed E-state index contributed by atoms with van der Waals surface area (Å²) in [6.07, 6.45) is 4.67. The first-order valence-electron chi connectivity index (χ1n) is 30.9. The normalized spacial score (nSPS) is 18.2. The monoisotopic (exact) mass is 1080 g/mol. The van der Waals surface area contributed by atoms with Crippen molar-refractivity contribution in [3.63, 3.8) is 0 Å². The molecule has 13 rings (SSSR count). The highest BCUT2D eigenvalue weighted by Gasteiger charge is 2.49. The lowest BCUT2D eigenvalue weighted by molar-refractivity contribution is 0.332. The third-order valence-corrected chi connectivity index (χ3v) is 20.9. The van der Waals surface area contributed by atoms with E-state index in [4.69, 9.17) is 0 Å². The van der Waals surface area contributed by atoms with Crippen molar-refractivity contribution in [1.82, 2.24) is 0 Å². The van der Waals surface area contributed by atoms with Crippen LogP contribution < -0.4 is 31.1 Å². The summed E-state index contributed by atoms with van der Waals surface area (Å²) in [5, 5.41) is 0. The summed E-state index contributed by atoms with van der Waals surface area (Å²) in [7, 11) is 0. The van der Waals surface area contributed by atoms with Crippen molar-refractivity contribution in [3.05, 3.63) is 201 Å². The fourth-order valence-corrected chi connectivity index (χ4v) is 15.7. The molecular formula is C78H88BN3. The maximum Gasteiger partial charge on any atom is 0.252 e. The Morgan fingerprint density at radius 1 is 0.415 bits per heavy atom. The van der Waals surface area contributed by atoms with Crippen LogP contribution in [0.1, 0.15) is 198 Å². The number of hydrogen-bond donors (Lipinski definition) is 0. The first-order valence-corrected chi connectivity index (χ1v) is 30.9. The molecule has 0 saturated carbocycles. The van der Waals surface area contributed by atoms with E-state index in [2.05, 4.69) is 286 Å². The highest BCUT2D eigenvalue weighted by Crippen LogP contribution is 2.57. The smallest absolute Gasteiger partial charge is 0.252 e. The van der Waals surface area contributed by atoms with E-state index in [1.807, 2.05) is 0 Å². The van der Waals surface area contributed by atoms with Crippen LogP contribution in [0.15, 0.2) is 140 Å². The number of aryl methyl sites for hydroxylation is 3. The fraction of sp³-hybridized carbons (Fsp3) is 0.385. The highest BCUT2D eigenvalue weighted by atomic mass is 15.2. The van der Waals surface area contributed by atoms with Crippen LogP contribution in [0.5, 0.6) is 0 Å². The molecule has 418 valence electrons. The Balaban J connectivity index is 1.14. The van der Waals surface area contributed by atoms with E-state index >= 15 is 0 Å². The van der Waals surface area contributed by atoms with E-state index in [1.165, 1.54) is 147 Å². The predicted octanol–water partition coefficient (Wildman–Crippen LogP) is 19.8.